The van der Waals surface area contributed by atoms with Crippen LogP contribution >= 0.6 is 0 Å². The molecule has 0 amide bonds. The van der Waals surface area contributed by atoms with Crippen LogP contribution < -0.4 is 10.2 Å². The number of fused-ring (bicyclic) bond motifs is 1. The van der Waals surface area contributed by atoms with Gasteiger partial charge < -0.3 is 10.2 Å². The van der Waals surface area contributed by atoms with E-state index in [1.807, 2.05) is 31.0 Å². The van der Waals surface area contributed by atoms with E-state index in [0.717, 1.165) is 17.0 Å². The number of aryl methyl sites for hydroxylation is 2. The minimum absolute atomic E-state index is 0.0998. The number of pyridine rings is 1. The molecule has 4 heterocycles. The Morgan fingerprint density at radius 2 is 1.84 bits per heavy atom. The average molecular weight is 433 g/mol. The lowest BCUT2D eigenvalue weighted by molar-refractivity contribution is 0.0966. The number of rotatable bonds is 4. The van der Waals surface area contributed by atoms with Crippen molar-refractivity contribution in [3.8, 4) is 11.3 Å². The number of halogens is 2. The molecule has 6 nitrogen and oxygen atoms in total. The number of anilines is 1. The fraction of sp³-hybridized carbons (Fsp3) is 0.250. The Labute approximate surface area is 184 Å². The number of Topliss-reactive ketones (excluding diaryl/α,β-unsaturated/α-hetero) is 1. The molecule has 5 rings (SSSR count). The molecule has 0 aliphatic carbocycles. The van der Waals surface area contributed by atoms with Crippen LogP contribution in [0.5, 0.6) is 0 Å². The van der Waals surface area contributed by atoms with Gasteiger partial charge in [0.25, 0.3) is 0 Å². The number of carbonyl (C=O) groups excluding carboxylic acids is 1. The molecule has 1 aromatic carbocycles. The van der Waals surface area contributed by atoms with Gasteiger partial charge in [-0.1, -0.05) is 12.1 Å². The van der Waals surface area contributed by atoms with Crippen LogP contribution in [0.3, 0.4) is 0 Å². The number of hydrogen-bond acceptors (Lipinski definition) is 6. The second kappa shape index (κ2) is 7.87. The van der Waals surface area contributed by atoms with E-state index in [1.54, 1.807) is 0 Å². The average Bonchev–Trinajstić information content (AvgIpc) is 3.34. The summed E-state index contributed by atoms with van der Waals surface area (Å²) in [5, 5.41) is 3.24. The summed E-state index contributed by atoms with van der Waals surface area (Å²) in [7, 11) is 0. The zero-order valence-corrected chi connectivity index (χ0v) is 17.6. The fourth-order valence-corrected chi connectivity index (χ4v) is 4.47. The highest BCUT2D eigenvalue weighted by Crippen LogP contribution is 2.35. The first-order valence-corrected chi connectivity index (χ1v) is 10.4. The number of benzene rings is 1. The molecule has 1 fully saturated rings. The van der Waals surface area contributed by atoms with Crippen molar-refractivity contribution in [1.82, 2.24) is 20.3 Å². The summed E-state index contributed by atoms with van der Waals surface area (Å²) in [5.74, 6) is -0.980. The van der Waals surface area contributed by atoms with E-state index in [0.29, 0.717) is 19.0 Å². The molecule has 0 saturated carbocycles. The summed E-state index contributed by atoms with van der Waals surface area (Å²) in [6, 6.07) is 8.08. The first-order valence-electron chi connectivity index (χ1n) is 10.4. The summed E-state index contributed by atoms with van der Waals surface area (Å²) in [5.41, 5.74) is 2.45. The van der Waals surface area contributed by atoms with Crippen molar-refractivity contribution in [2.75, 3.05) is 18.0 Å². The molecule has 3 aromatic rings. The molecule has 2 unspecified atom stereocenters. The summed E-state index contributed by atoms with van der Waals surface area (Å²) in [6.45, 7) is 5.09. The van der Waals surface area contributed by atoms with Crippen LogP contribution in [0.2, 0.25) is 0 Å². The van der Waals surface area contributed by atoms with Crippen LogP contribution in [-0.4, -0.2) is 39.9 Å². The molecule has 2 aliphatic rings. The molecule has 32 heavy (non-hydrogen) atoms. The number of ketones is 1. The highest BCUT2D eigenvalue weighted by Gasteiger charge is 2.41. The van der Waals surface area contributed by atoms with Gasteiger partial charge in [-0.05, 0) is 43.7 Å². The molecular weight excluding hydrogens is 412 g/mol. The van der Waals surface area contributed by atoms with Crippen LogP contribution in [0.15, 0.2) is 54.4 Å². The second-order valence-corrected chi connectivity index (χ2v) is 8.13. The van der Waals surface area contributed by atoms with E-state index in [1.165, 1.54) is 36.5 Å². The van der Waals surface area contributed by atoms with Crippen LogP contribution in [0.25, 0.3) is 11.3 Å². The zero-order valence-electron chi connectivity index (χ0n) is 17.6. The smallest absolute Gasteiger partial charge is 0.229 e. The first kappa shape index (κ1) is 20.4. The summed E-state index contributed by atoms with van der Waals surface area (Å²) in [4.78, 5) is 28.5. The quantitative estimate of drug-likeness (QED) is 0.634. The maximum absolute atomic E-state index is 14.8. The van der Waals surface area contributed by atoms with Crippen molar-refractivity contribution in [2.24, 2.45) is 5.92 Å². The standard InChI is InChI=1S/C24H21F2N5O/c1-13-9-14(2)30-24(29-13)31-11-15-10-28-21(17(15)12-31)23(32)16-5-3-6-18(25)20(16)22-19(26)7-4-8-27-22/h3-9,12,15,21,28H,10-11H2,1-2H3. The van der Waals surface area contributed by atoms with Gasteiger partial charge in [-0.25, -0.2) is 18.7 Å². The van der Waals surface area contributed by atoms with Crippen molar-refractivity contribution in [3.63, 3.8) is 0 Å². The highest BCUT2D eigenvalue weighted by atomic mass is 19.1. The van der Waals surface area contributed by atoms with E-state index in [9.17, 15) is 13.6 Å². The Morgan fingerprint density at radius 3 is 2.59 bits per heavy atom. The first-order chi connectivity index (χ1) is 15.4. The topological polar surface area (TPSA) is 71.0 Å². The van der Waals surface area contributed by atoms with E-state index < -0.39 is 17.7 Å². The Hall–Kier alpha value is -3.52. The lowest BCUT2D eigenvalue weighted by atomic mass is 9.91. The van der Waals surface area contributed by atoms with E-state index in [4.69, 9.17) is 0 Å². The van der Waals surface area contributed by atoms with E-state index in [2.05, 4.69) is 20.3 Å². The molecule has 8 heteroatoms. The van der Waals surface area contributed by atoms with Crippen molar-refractivity contribution >= 4 is 11.7 Å². The molecule has 2 aromatic heterocycles. The van der Waals surface area contributed by atoms with Gasteiger partial charge in [0.05, 0.1) is 6.04 Å². The molecule has 2 aliphatic heterocycles. The second-order valence-electron chi connectivity index (χ2n) is 8.13. The van der Waals surface area contributed by atoms with Gasteiger partial charge in [0.15, 0.2) is 5.78 Å². The molecular formula is C24H21F2N5O. The fourth-order valence-electron chi connectivity index (χ4n) is 4.47. The van der Waals surface area contributed by atoms with Crippen molar-refractivity contribution in [1.29, 1.82) is 0 Å². The number of aromatic nitrogens is 3. The third kappa shape index (κ3) is 3.46. The van der Waals surface area contributed by atoms with E-state index >= 15 is 0 Å². The Bertz CT molecular complexity index is 1240. The minimum Gasteiger partial charge on any atom is -0.316 e. The Morgan fingerprint density at radius 1 is 1.09 bits per heavy atom. The van der Waals surface area contributed by atoms with Gasteiger partial charge in [0.1, 0.15) is 17.3 Å². The third-order valence-electron chi connectivity index (χ3n) is 5.86. The van der Waals surface area contributed by atoms with Gasteiger partial charge in [-0.2, -0.15) is 0 Å². The lowest BCUT2D eigenvalue weighted by Gasteiger charge is -2.17. The van der Waals surface area contributed by atoms with Crippen LogP contribution in [0.4, 0.5) is 14.7 Å². The van der Waals surface area contributed by atoms with Crippen molar-refractivity contribution < 1.29 is 13.6 Å². The van der Waals surface area contributed by atoms with Gasteiger partial charge in [0.2, 0.25) is 5.95 Å². The highest BCUT2D eigenvalue weighted by molar-refractivity contribution is 6.07. The van der Waals surface area contributed by atoms with E-state index in [-0.39, 0.29) is 28.5 Å². The molecule has 0 bridgehead atoms. The summed E-state index contributed by atoms with van der Waals surface area (Å²) >= 11 is 0. The summed E-state index contributed by atoms with van der Waals surface area (Å²) in [6.07, 6.45) is 3.28. The molecule has 2 atom stereocenters. The maximum atomic E-state index is 14.8. The van der Waals surface area contributed by atoms with Gasteiger partial charge in [-0.3, -0.25) is 9.78 Å². The minimum atomic E-state index is -0.686. The number of carbonyl (C=O) groups is 1. The normalized spacial score (nSPS) is 19.8. The number of hydrogen-bond donors (Lipinski definition) is 1. The number of nitrogens with one attached hydrogen (secondary N) is 1. The van der Waals surface area contributed by atoms with Gasteiger partial charge in [-0.15, -0.1) is 0 Å². The maximum Gasteiger partial charge on any atom is 0.229 e. The molecule has 0 radical (unpaired) electrons. The van der Waals surface area contributed by atoms with Gasteiger partial charge in [0, 0.05) is 53.9 Å². The molecule has 1 N–H and O–H groups in total. The predicted octanol–water partition coefficient (Wildman–Crippen LogP) is 3.61. The van der Waals surface area contributed by atoms with Crippen LogP contribution in [0, 0.1) is 31.4 Å². The summed E-state index contributed by atoms with van der Waals surface area (Å²) < 4.78 is 29.2. The number of nitrogens with zero attached hydrogens (tertiary/aromatic N) is 4. The van der Waals surface area contributed by atoms with Crippen molar-refractivity contribution in [2.45, 2.75) is 19.9 Å². The SMILES string of the molecule is Cc1cc(C)nc(N2C=C3C(CNC3C(=O)c3cccc(F)c3-c3ncccc3F)C2)n1. The third-order valence-corrected chi connectivity index (χ3v) is 5.86. The van der Waals surface area contributed by atoms with Crippen LogP contribution in [0.1, 0.15) is 21.7 Å². The molecule has 1 saturated heterocycles. The Kier molecular flexibility index (Phi) is 5.01. The van der Waals surface area contributed by atoms with Crippen LogP contribution in [-0.2, 0) is 0 Å². The largest absolute Gasteiger partial charge is 0.316 e. The monoisotopic (exact) mass is 433 g/mol. The predicted molar refractivity (Wildman–Crippen MR) is 116 cm³/mol. The molecule has 0 spiro atoms. The zero-order chi connectivity index (χ0) is 22.4. The Balaban J connectivity index is 1.51. The molecule has 162 valence electrons. The van der Waals surface area contributed by atoms with Gasteiger partial charge >= 0.3 is 0 Å². The van der Waals surface area contributed by atoms with Crippen molar-refractivity contribution in [3.05, 3.63) is 83.0 Å². The lowest BCUT2D eigenvalue weighted by Crippen LogP contribution is -2.33.